The molecule has 0 bridgehead atoms. The van der Waals surface area contributed by atoms with Gasteiger partial charge in [-0.15, -0.1) is 0 Å². The number of likely N-dealkylation sites (tertiary alicyclic amines) is 1. The molecule has 0 radical (unpaired) electrons. The number of carbonyl (C=O) groups excluding carboxylic acids is 1. The van der Waals surface area contributed by atoms with Gasteiger partial charge in [-0.3, -0.25) is 4.79 Å². The summed E-state index contributed by atoms with van der Waals surface area (Å²) in [5.74, 6) is 0.429. The number of carbonyl (C=O) groups is 1. The van der Waals surface area contributed by atoms with Crippen LogP contribution in [0, 0.1) is 11.8 Å². The average molecular weight is 228 g/mol. The van der Waals surface area contributed by atoms with E-state index in [1.54, 1.807) is 0 Å². The number of methoxy groups -OCH3 is 1. The van der Waals surface area contributed by atoms with Gasteiger partial charge in [-0.05, 0) is 31.8 Å². The Morgan fingerprint density at radius 1 is 1.38 bits per heavy atom. The lowest BCUT2D eigenvalue weighted by Gasteiger charge is -2.14. The molecule has 1 saturated heterocycles. The monoisotopic (exact) mass is 228 g/mol. The van der Waals surface area contributed by atoms with Gasteiger partial charge in [0, 0.05) is 13.1 Å². The van der Waals surface area contributed by atoms with Crippen LogP contribution in [-0.2, 0) is 9.53 Å². The van der Waals surface area contributed by atoms with Gasteiger partial charge in [0.25, 0.3) is 0 Å². The molecule has 0 amide bonds. The summed E-state index contributed by atoms with van der Waals surface area (Å²) in [6.45, 7) is 5.86. The number of nitrogens with zero attached hydrogens (tertiary/aromatic N) is 1. The normalized spacial score (nSPS) is 25.9. The van der Waals surface area contributed by atoms with Gasteiger partial charge in [0.05, 0.1) is 13.0 Å². The maximum absolute atomic E-state index is 11.5. The Morgan fingerprint density at radius 3 is 2.75 bits per heavy atom. The topological polar surface area (TPSA) is 55.6 Å². The van der Waals surface area contributed by atoms with E-state index in [2.05, 4.69) is 11.8 Å². The van der Waals surface area contributed by atoms with Gasteiger partial charge in [-0.1, -0.05) is 13.3 Å². The number of esters is 1. The van der Waals surface area contributed by atoms with Crippen LogP contribution in [0.4, 0.5) is 0 Å². The molecule has 1 heterocycles. The fourth-order valence-electron chi connectivity index (χ4n) is 2.36. The first kappa shape index (κ1) is 13.5. The minimum atomic E-state index is -0.0584. The third kappa shape index (κ3) is 3.76. The molecule has 1 rings (SSSR count). The first-order valence-corrected chi connectivity index (χ1v) is 6.19. The third-order valence-corrected chi connectivity index (χ3v) is 3.37. The van der Waals surface area contributed by atoms with Crippen molar-refractivity contribution in [3.05, 3.63) is 0 Å². The molecule has 1 fully saturated rings. The summed E-state index contributed by atoms with van der Waals surface area (Å²) in [5.41, 5.74) is 5.45. The van der Waals surface area contributed by atoms with Crippen molar-refractivity contribution >= 4 is 5.97 Å². The maximum atomic E-state index is 11.5. The van der Waals surface area contributed by atoms with E-state index >= 15 is 0 Å². The second kappa shape index (κ2) is 6.86. The lowest BCUT2D eigenvalue weighted by Crippen LogP contribution is -2.25. The lowest BCUT2D eigenvalue weighted by molar-refractivity contribution is -0.146. The summed E-state index contributed by atoms with van der Waals surface area (Å²) in [5, 5.41) is 0. The predicted molar refractivity (Wildman–Crippen MR) is 64.0 cm³/mol. The molecule has 4 nitrogen and oxygen atoms in total. The molecule has 4 heteroatoms. The Labute approximate surface area is 98.1 Å². The summed E-state index contributed by atoms with van der Waals surface area (Å²) in [4.78, 5) is 13.8. The molecular weight excluding hydrogens is 204 g/mol. The number of nitrogens with two attached hydrogens (primary N) is 1. The van der Waals surface area contributed by atoms with E-state index < -0.39 is 0 Å². The molecule has 2 unspecified atom stereocenters. The van der Waals surface area contributed by atoms with Crippen molar-refractivity contribution in [1.29, 1.82) is 0 Å². The molecule has 1 aliphatic rings. The van der Waals surface area contributed by atoms with Crippen molar-refractivity contribution in [1.82, 2.24) is 4.90 Å². The summed E-state index contributed by atoms with van der Waals surface area (Å²) in [6, 6.07) is 0. The van der Waals surface area contributed by atoms with Crippen molar-refractivity contribution in [2.24, 2.45) is 17.6 Å². The van der Waals surface area contributed by atoms with Crippen LogP contribution in [-0.4, -0.2) is 44.2 Å². The molecule has 0 aliphatic carbocycles. The quantitative estimate of drug-likeness (QED) is 0.541. The number of rotatable bonds is 6. The summed E-state index contributed by atoms with van der Waals surface area (Å²) >= 11 is 0. The molecular formula is C12H24N2O2. The smallest absolute Gasteiger partial charge is 0.310 e. The first-order valence-electron chi connectivity index (χ1n) is 6.19. The average Bonchev–Trinajstić information content (AvgIpc) is 2.65. The van der Waals surface area contributed by atoms with Crippen LogP contribution >= 0.6 is 0 Å². The molecule has 0 aromatic heterocycles. The second-order valence-electron chi connectivity index (χ2n) is 4.72. The number of ether oxygens (including phenoxy) is 1. The second-order valence-corrected chi connectivity index (χ2v) is 4.72. The molecule has 2 atom stereocenters. The Bertz CT molecular complexity index is 221. The minimum Gasteiger partial charge on any atom is -0.469 e. The Hall–Kier alpha value is -0.610. The zero-order valence-corrected chi connectivity index (χ0v) is 10.4. The van der Waals surface area contributed by atoms with E-state index in [1.807, 2.05) is 0 Å². The zero-order valence-electron chi connectivity index (χ0n) is 10.4. The van der Waals surface area contributed by atoms with Gasteiger partial charge in [0.1, 0.15) is 0 Å². The van der Waals surface area contributed by atoms with Gasteiger partial charge < -0.3 is 15.4 Å². The van der Waals surface area contributed by atoms with Gasteiger partial charge in [0.2, 0.25) is 0 Å². The molecule has 0 aromatic rings. The van der Waals surface area contributed by atoms with E-state index in [4.69, 9.17) is 10.5 Å². The van der Waals surface area contributed by atoms with E-state index in [-0.39, 0.29) is 11.9 Å². The van der Waals surface area contributed by atoms with Crippen LogP contribution < -0.4 is 5.73 Å². The van der Waals surface area contributed by atoms with Crippen molar-refractivity contribution in [2.75, 3.05) is 33.3 Å². The Balaban J connectivity index is 2.24. The molecule has 0 saturated carbocycles. The summed E-state index contributed by atoms with van der Waals surface area (Å²) in [6.07, 6.45) is 3.46. The van der Waals surface area contributed by atoms with E-state index in [1.165, 1.54) is 20.0 Å². The van der Waals surface area contributed by atoms with Crippen LogP contribution in [0.1, 0.15) is 26.2 Å². The Morgan fingerprint density at radius 2 is 2.12 bits per heavy atom. The largest absolute Gasteiger partial charge is 0.469 e. The fraction of sp³-hybridized carbons (Fsp3) is 0.917. The number of hydrogen-bond acceptors (Lipinski definition) is 4. The van der Waals surface area contributed by atoms with E-state index in [9.17, 15) is 4.79 Å². The SMILES string of the molecule is COC(=O)C1CN(CCCCCN)CC1C. The van der Waals surface area contributed by atoms with Crippen LogP contribution in [0.5, 0.6) is 0 Å². The molecule has 0 aromatic carbocycles. The van der Waals surface area contributed by atoms with Crippen molar-refractivity contribution in [3.8, 4) is 0 Å². The molecule has 2 N–H and O–H groups in total. The van der Waals surface area contributed by atoms with E-state index in [0.717, 1.165) is 32.6 Å². The van der Waals surface area contributed by atoms with Crippen LogP contribution in [0.2, 0.25) is 0 Å². The maximum Gasteiger partial charge on any atom is 0.310 e. The van der Waals surface area contributed by atoms with Crippen LogP contribution in [0.15, 0.2) is 0 Å². The van der Waals surface area contributed by atoms with E-state index in [0.29, 0.717) is 5.92 Å². The summed E-state index contributed by atoms with van der Waals surface area (Å²) in [7, 11) is 1.47. The third-order valence-electron chi connectivity index (χ3n) is 3.37. The van der Waals surface area contributed by atoms with Gasteiger partial charge in [-0.2, -0.15) is 0 Å². The number of unbranched alkanes of at least 4 members (excludes halogenated alkanes) is 2. The molecule has 0 spiro atoms. The molecule has 16 heavy (non-hydrogen) atoms. The Kier molecular flexibility index (Phi) is 5.77. The highest BCUT2D eigenvalue weighted by atomic mass is 16.5. The standard InChI is InChI=1S/C12H24N2O2/c1-10-8-14(7-5-3-4-6-13)9-11(10)12(15)16-2/h10-11H,3-9,13H2,1-2H3. The molecule has 1 aliphatic heterocycles. The van der Waals surface area contributed by atoms with Crippen molar-refractivity contribution < 1.29 is 9.53 Å². The highest BCUT2D eigenvalue weighted by molar-refractivity contribution is 5.73. The number of hydrogen-bond donors (Lipinski definition) is 1. The predicted octanol–water partition coefficient (Wildman–Crippen LogP) is 0.856. The fourth-order valence-corrected chi connectivity index (χ4v) is 2.36. The molecule has 94 valence electrons. The van der Waals surface area contributed by atoms with Gasteiger partial charge in [0.15, 0.2) is 0 Å². The first-order chi connectivity index (χ1) is 7.69. The van der Waals surface area contributed by atoms with Gasteiger partial charge >= 0.3 is 5.97 Å². The van der Waals surface area contributed by atoms with Gasteiger partial charge in [-0.25, -0.2) is 0 Å². The highest BCUT2D eigenvalue weighted by Crippen LogP contribution is 2.24. The van der Waals surface area contributed by atoms with Crippen molar-refractivity contribution in [2.45, 2.75) is 26.2 Å². The lowest BCUT2D eigenvalue weighted by atomic mass is 9.99. The van der Waals surface area contributed by atoms with Crippen LogP contribution in [0.3, 0.4) is 0 Å². The highest BCUT2D eigenvalue weighted by Gasteiger charge is 2.34. The minimum absolute atomic E-state index is 0.0584. The van der Waals surface area contributed by atoms with Crippen molar-refractivity contribution in [3.63, 3.8) is 0 Å². The summed E-state index contributed by atoms with van der Waals surface area (Å²) < 4.78 is 4.81. The zero-order chi connectivity index (χ0) is 12.0. The van der Waals surface area contributed by atoms with Crippen LogP contribution in [0.25, 0.3) is 0 Å².